The molecule has 27 heavy (non-hydrogen) atoms. The highest BCUT2D eigenvalue weighted by Gasteiger charge is 2.29. The first-order valence-electron chi connectivity index (χ1n) is 7.69. The molecule has 0 spiro atoms. The van der Waals surface area contributed by atoms with Gasteiger partial charge in [-0.2, -0.15) is 5.26 Å². The maximum absolute atomic E-state index is 14.4. The van der Waals surface area contributed by atoms with Gasteiger partial charge in [-0.15, -0.1) is 0 Å². The summed E-state index contributed by atoms with van der Waals surface area (Å²) in [5, 5.41) is 13.2. The monoisotopic (exact) mass is 385 g/mol. The number of amides is 1. The normalized spacial score (nSPS) is 18.5. The number of carbonyl (C=O) groups excluding carboxylic acids is 1. The molecule has 6 nitrogen and oxygen atoms in total. The van der Waals surface area contributed by atoms with Crippen LogP contribution >= 0.6 is 11.8 Å². The highest BCUT2D eigenvalue weighted by Crippen LogP contribution is 2.35. The van der Waals surface area contributed by atoms with Gasteiger partial charge in [0.05, 0.1) is 5.56 Å². The van der Waals surface area contributed by atoms with E-state index < -0.39 is 28.8 Å². The standard InChI is InChI=1S/C18H13F2N5OS/c1-18(4-5-27-17(22)25-18)12-7-11(2-3-13(12)19)24-16(26)15-14(20)6-10(8-21)9-23-15/h2-7,9H,1H3,(H2,22,25)(H,24,26). The zero-order valence-corrected chi connectivity index (χ0v) is 14.8. The van der Waals surface area contributed by atoms with E-state index in [0.29, 0.717) is 0 Å². The third-order valence-electron chi connectivity index (χ3n) is 3.88. The number of amidine groups is 1. The van der Waals surface area contributed by atoms with Crippen LogP contribution in [0.1, 0.15) is 28.5 Å². The number of nitrogens with one attached hydrogen (secondary N) is 1. The van der Waals surface area contributed by atoms with Gasteiger partial charge in [0.2, 0.25) is 0 Å². The van der Waals surface area contributed by atoms with Gasteiger partial charge in [0.1, 0.15) is 17.4 Å². The zero-order valence-electron chi connectivity index (χ0n) is 14.0. The van der Waals surface area contributed by atoms with Gasteiger partial charge >= 0.3 is 0 Å². The number of nitrogens with zero attached hydrogens (tertiary/aromatic N) is 3. The van der Waals surface area contributed by atoms with Crippen molar-refractivity contribution in [3.8, 4) is 6.07 Å². The second kappa shape index (κ2) is 7.17. The van der Waals surface area contributed by atoms with Crippen LogP contribution in [0.5, 0.6) is 0 Å². The molecule has 0 aliphatic carbocycles. The highest BCUT2D eigenvalue weighted by molar-refractivity contribution is 8.16. The van der Waals surface area contributed by atoms with Gasteiger partial charge in [-0.25, -0.2) is 18.8 Å². The van der Waals surface area contributed by atoms with Crippen molar-refractivity contribution in [2.45, 2.75) is 12.5 Å². The molecule has 0 saturated carbocycles. The van der Waals surface area contributed by atoms with Gasteiger partial charge in [0, 0.05) is 17.4 Å². The smallest absolute Gasteiger partial charge is 0.277 e. The van der Waals surface area contributed by atoms with Crippen molar-refractivity contribution in [1.82, 2.24) is 4.98 Å². The third-order valence-corrected chi connectivity index (χ3v) is 4.48. The summed E-state index contributed by atoms with van der Waals surface area (Å²) in [6, 6.07) is 6.58. The summed E-state index contributed by atoms with van der Waals surface area (Å²) in [7, 11) is 0. The Hall–Kier alpha value is -3.25. The SMILES string of the molecule is CC1(c2cc(NC(=O)c3ncc(C#N)cc3F)ccc2F)C=CSC(N)=N1. The molecule has 0 saturated heterocycles. The summed E-state index contributed by atoms with van der Waals surface area (Å²) < 4.78 is 28.3. The molecule has 9 heteroatoms. The predicted octanol–water partition coefficient (Wildman–Crippen LogP) is 3.27. The highest BCUT2D eigenvalue weighted by atomic mass is 32.2. The van der Waals surface area contributed by atoms with E-state index in [1.54, 1.807) is 24.5 Å². The van der Waals surface area contributed by atoms with Crippen molar-refractivity contribution in [2.24, 2.45) is 10.7 Å². The minimum atomic E-state index is -1.03. The summed E-state index contributed by atoms with van der Waals surface area (Å²) in [6.07, 6.45) is 2.79. The lowest BCUT2D eigenvalue weighted by Crippen LogP contribution is -2.25. The van der Waals surface area contributed by atoms with Crippen molar-refractivity contribution in [3.05, 3.63) is 70.4 Å². The van der Waals surface area contributed by atoms with Crippen LogP contribution < -0.4 is 11.1 Å². The summed E-state index contributed by atoms with van der Waals surface area (Å²) in [4.78, 5) is 20.2. The third kappa shape index (κ3) is 3.80. The fraction of sp³-hybridized carbons (Fsp3) is 0.111. The minimum Gasteiger partial charge on any atom is -0.378 e. The maximum atomic E-state index is 14.4. The first-order chi connectivity index (χ1) is 12.8. The second-order valence-corrected chi connectivity index (χ2v) is 6.76. The molecule has 2 heterocycles. The van der Waals surface area contributed by atoms with Gasteiger partial charge in [-0.1, -0.05) is 11.8 Å². The maximum Gasteiger partial charge on any atom is 0.277 e. The molecule has 0 radical (unpaired) electrons. The van der Waals surface area contributed by atoms with Crippen LogP contribution in [-0.2, 0) is 5.54 Å². The van der Waals surface area contributed by atoms with Crippen molar-refractivity contribution >= 4 is 28.5 Å². The molecule has 3 N–H and O–H groups in total. The molecule has 2 aromatic rings. The Labute approximate surface area is 157 Å². The van der Waals surface area contributed by atoms with E-state index in [-0.39, 0.29) is 22.0 Å². The number of carbonyl (C=O) groups is 1. The van der Waals surface area contributed by atoms with Gasteiger partial charge < -0.3 is 11.1 Å². The largest absolute Gasteiger partial charge is 0.378 e. The van der Waals surface area contributed by atoms with Crippen molar-refractivity contribution in [3.63, 3.8) is 0 Å². The number of halogens is 2. The van der Waals surface area contributed by atoms with Crippen LogP contribution in [0.4, 0.5) is 14.5 Å². The number of pyridine rings is 1. The molecule has 136 valence electrons. The number of thioether (sulfide) groups is 1. The quantitative estimate of drug-likeness (QED) is 0.844. The van der Waals surface area contributed by atoms with Crippen LogP contribution in [0.15, 0.2) is 46.9 Å². The summed E-state index contributed by atoms with van der Waals surface area (Å²) in [5.41, 5.74) is 4.67. The van der Waals surface area contributed by atoms with Crippen molar-refractivity contribution in [2.75, 3.05) is 5.32 Å². The van der Waals surface area contributed by atoms with Crippen LogP contribution in [-0.4, -0.2) is 16.1 Å². The van der Waals surface area contributed by atoms with E-state index in [0.717, 1.165) is 12.3 Å². The molecule has 0 fully saturated rings. The molecular weight excluding hydrogens is 372 g/mol. The van der Waals surface area contributed by atoms with E-state index >= 15 is 0 Å². The van der Waals surface area contributed by atoms with E-state index in [2.05, 4.69) is 15.3 Å². The number of nitriles is 1. The lowest BCUT2D eigenvalue weighted by molar-refractivity contribution is 0.101. The molecule has 1 aromatic heterocycles. The Kier molecular flexibility index (Phi) is 4.92. The number of nitrogens with two attached hydrogens (primary N) is 1. The fourth-order valence-corrected chi connectivity index (χ4v) is 3.24. The first kappa shape index (κ1) is 18.5. The molecular formula is C18H13F2N5OS. The number of rotatable bonds is 3. The number of hydrogen-bond donors (Lipinski definition) is 2. The fourth-order valence-electron chi connectivity index (χ4n) is 2.53. The van der Waals surface area contributed by atoms with E-state index in [1.165, 1.54) is 30.0 Å². The molecule has 1 amide bonds. The number of aliphatic imine (C=N–C) groups is 1. The van der Waals surface area contributed by atoms with E-state index in [1.807, 2.05) is 0 Å². The van der Waals surface area contributed by atoms with Gasteiger partial charge in [-0.3, -0.25) is 4.79 Å². The van der Waals surface area contributed by atoms with Crippen LogP contribution in [0, 0.1) is 23.0 Å². The average Bonchev–Trinajstić information content (AvgIpc) is 2.62. The number of aromatic nitrogens is 1. The Balaban J connectivity index is 1.91. The van der Waals surface area contributed by atoms with Crippen molar-refractivity contribution in [1.29, 1.82) is 5.26 Å². The lowest BCUT2D eigenvalue weighted by Gasteiger charge is -2.26. The minimum absolute atomic E-state index is 0.00144. The molecule has 0 bridgehead atoms. The Bertz CT molecular complexity index is 1030. The Morgan fingerprint density at radius 2 is 2.11 bits per heavy atom. The summed E-state index contributed by atoms with van der Waals surface area (Å²) >= 11 is 1.22. The lowest BCUT2D eigenvalue weighted by atomic mass is 9.92. The molecule has 1 aromatic carbocycles. The average molecular weight is 385 g/mol. The number of benzene rings is 1. The zero-order chi connectivity index (χ0) is 19.6. The second-order valence-electron chi connectivity index (χ2n) is 5.83. The summed E-state index contributed by atoms with van der Waals surface area (Å²) in [5.74, 6) is -2.27. The van der Waals surface area contributed by atoms with E-state index in [4.69, 9.17) is 11.0 Å². The molecule has 1 aliphatic heterocycles. The van der Waals surface area contributed by atoms with Gasteiger partial charge in [-0.05, 0) is 42.7 Å². The molecule has 1 atom stereocenters. The Morgan fingerprint density at radius 3 is 2.78 bits per heavy atom. The van der Waals surface area contributed by atoms with Gasteiger partial charge in [0.15, 0.2) is 16.7 Å². The number of anilines is 1. The van der Waals surface area contributed by atoms with Crippen molar-refractivity contribution < 1.29 is 13.6 Å². The molecule has 1 aliphatic rings. The molecule has 3 rings (SSSR count). The topological polar surface area (TPSA) is 104 Å². The van der Waals surface area contributed by atoms with Crippen LogP contribution in [0.2, 0.25) is 0 Å². The van der Waals surface area contributed by atoms with Gasteiger partial charge in [0.25, 0.3) is 5.91 Å². The Morgan fingerprint density at radius 1 is 1.33 bits per heavy atom. The summed E-state index contributed by atoms with van der Waals surface area (Å²) in [6.45, 7) is 1.68. The first-order valence-corrected chi connectivity index (χ1v) is 8.57. The van der Waals surface area contributed by atoms with Crippen LogP contribution in [0.3, 0.4) is 0 Å². The van der Waals surface area contributed by atoms with Crippen LogP contribution in [0.25, 0.3) is 0 Å². The van der Waals surface area contributed by atoms with E-state index in [9.17, 15) is 13.6 Å². The number of hydrogen-bond acceptors (Lipinski definition) is 6. The molecule has 1 unspecified atom stereocenters. The predicted molar refractivity (Wildman–Crippen MR) is 99.0 cm³/mol.